The molecule has 0 amide bonds. The zero-order chi connectivity index (χ0) is 39.6. The summed E-state index contributed by atoms with van der Waals surface area (Å²) in [5.74, 6) is 3.55. The van der Waals surface area contributed by atoms with E-state index in [1.54, 1.807) is 0 Å². The second kappa shape index (κ2) is 14.0. The van der Waals surface area contributed by atoms with Crippen molar-refractivity contribution in [3.05, 3.63) is 186 Å². The molecule has 1 aromatic heterocycles. The minimum atomic E-state index is 0.211. The number of hydrogen-bond donors (Lipinski definition) is 0. The summed E-state index contributed by atoms with van der Waals surface area (Å²) in [6.45, 7) is 2.11. The lowest BCUT2D eigenvalue weighted by Crippen LogP contribution is -2.55. The molecule has 4 saturated carbocycles. The third-order valence-electron chi connectivity index (χ3n) is 13.9. The van der Waals surface area contributed by atoms with E-state index in [-0.39, 0.29) is 10.8 Å². The molecule has 2 atom stereocenters. The summed E-state index contributed by atoms with van der Waals surface area (Å²) in [6.07, 6.45) is 7.80. The van der Waals surface area contributed by atoms with Crippen molar-refractivity contribution in [2.75, 3.05) is 0 Å². The van der Waals surface area contributed by atoms with Crippen LogP contribution in [-0.4, -0.2) is 15.0 Å². The van der Waals surface area contributed by atoms with Gasteiger partial charge in [-0.15, -0.1) is 0 Å². The summed E-state index contributed by atoms with van der Waals surface area (Å²) in [6, 6.07) is 61.0. The Balaban J connectivity index is 0.924. The fourth-order valence-corrected chi connectivity index (χ4v) is 11.7. The Morgan fingerprint density at radius 3 is 1.46 bits per heavy atom. The molecule has 2 unspecified atom stereocenters. The van der Waals surface area contributed by atoms with E-state index in [2.05, 4.69) is 128 Å². The van der Waals surface area contributed by atoms with Gasteiger partial charge in [-0.1, -0.05) is 146 Å². The minimum Gasteiger partial charge on any atom is -0.208 e. The Hall–Kier alpha value is -6.70. The number of aryl methyl sites for hydroxylation is 1. The maximum atomic E-state index is 9.38. The number of nitriles is 1. The van der Waals surface area contributed by atoms with Crippen LogP contribution in [0.3, 0.4) is 0 Å². The number of fused-ring (bicyclic) bond motifs is 1. The number of hydrogen-bond acceptors (Lipinski definition) is 4. The van der Waals surface area contributed by atoms with Crippen LogP contribution in [0, 0.1) is 30.1 Å². The van der Waals surface area contributed by atoms with E-state index >= 15 is 0 Å². The summed E-state index contributed by atoms with van der Waals surface area (Å²) in [5.41, 5.74) is 13.1. The van der Waals surface area contributed by atoms with E-state index in [4.69, 9.17) is 15.0 Å². The Labute approximate surface area is 346 Å². The first-order valence-corrected chi connectivity index (χ1v) is 21.1. The lowest BCUT2D eigenvalue weighted by Gasteiger charge is -2.63. The molecule has 0 spiro atoms. The molecule has 59 heavy (non-hydrogen) atoms. The SMILES string of the molecule is Cc1cc(C#N)ccc1-c1ccc(C23CC4CC(C2)CC(c2ccc(-c5ccc(-c6nc(-c7ccccc7)nc(-c7ccccc7)n6)c6ccccc56)cc2)(C4)C3)cc1. The highest BCUT2D eigenvalue weighted by molar-refractivity contribution is 6.04. The van der Waals surface area contributed by atoms with Gasteiger partial charge in [0.1, 0.15) is 0 Å². The van der Waals surface area contributed by atoms with Crippen molar-refractivity contribution >= 4 is 10.8 Å². The second-order valence-corrected chi connectivity index (χ2v) is 17.6. The molecule has 7 aromatic carbocycles. The van der Waals surface area contributed by atoms with E-state index in [0.717, 1.165) is 39.5 Å². The van der Waals surface area contributed by atoms with Crippen molar-refractivity contribution in [1.82, 2.24) is 15.0 Å². The van der Waals surface area contributed by atoms with E-state index < -0.39 is 0 Å². The predicted octanol–water partition coefficient (Wildman–Crippen LogP) is 13.3. The lowest BCUT2D eigenvalue weighted by molar-refractivity contribution is -0.0281. The summed E-state index contributed by atoms with van der Waals surface area (Å²) < 4.78 is 0. The molecule has 4 heteroatoms. The van der Waals surface area contributed by atoms with Gasteiger partial charge in [0.15, 0.2) is 17.5 Å². The molecule has 0 radical (unpaired) electrons. The molecule has 0 N–H and O–H groups in total. The van der Waals surface area contributed by atoms with Crippen LogP contribution in [0.5, 0.6) is 0 Å². The van der Waals surface area contributed by atoms with E-state index in [0.29, 0.717) is 23.0 Å². The summed E-state index contributed by atoms with van der Waals surface area (Å²) in [4.78, 5) is 15.1. The van der Waals surface area contributed by atoms with Crippen molar-refractivity contribution in [3.63, 3.8) is 0 Å². The van der Waals surface area contributed by atoms with E-state index in [1.165, 1.54) is 77.3 Å². The number of aromatic nitrogens is 3. The number of benzene rings is 7. The molecule has 8 aromatic rings. The Morgan fingerprint density at radius 1 is 0.475 bits per heavy atom. The Kier molecular flexibility index (Phi) is 8.41. The van der Waals surface area contributed by atoms with Gasteiger partial charge < -0.3 is 0 Å². The largest absolute Gasteiger partial charge is 0.208 e. The Bertz CT molecular complexity index is 2840. The second-order valence-electron chi connectivity index (χ2n) is 17.6. The van der Waals surface area contributed by atoms with Crippen LogP contribution in [0.2, 0.25) is 0 Å². The van der Waals surface area contributed by atoms with Gasteiger partial charge in [0, 0.05) is 16.7 Å². The van der Waals surface area contributed by atoms with Gasteiger partial charge in [0.05, 0.1) is 11.6 Å². The van der Waals surface area contributed by atoms with E-state index in [9.17, 15) is 5.26 Å². The van der Waals surface area contributed by atoms with Crippen molar-refractivity contribution in [2.45, 2.75) is 56.3 Å². The molecule has 4 nitrogen and oxygen atoms in total. The highest BCUT2D eigenvalue weighted by Gasteiger charge is 2.58. The van der Waals surface area contributed by atoms with Gasteiger partial charge >= 0.3 is 0 Å². The van der Waals surface area contributed by atoms with Crippen molar-refractivity contribution in [2.24, 2.45) is 11.8 Å². The molecular weight excluding hydrogens is 717 g/mol. The molecule has 4 aliphatic rings. The monoisotopic (exact) mass is 760 g/mol. The third kappa shape index (κ3) is 6.16. The zero-order valence-electron chi connectivity index (χ0n) is 33.3. The number of nitrogens with zero attached hydrogens (tertiary/aromatic N) is 4. The van der Waals surface area contributed by atoms with Crippen LogP contribution in [0.1, 0.15) is 60.8 Å². The van der Waals surface area contributed by atoms with Crippen LogP contribution in [0.25, 0.3) is 67.2 Å². The highest BCUT2D eigenvalue weighted by atomic mass is 15.0. The van der Waals surface area contributed by atoms with Gasteiger partial charge in [-0.2, -0.15) is 5.26 Å². The molecule has 4 fully saturated rings. The van der Waals surface area contributed by atoms with Crippen LogP contribution in [0.15, 0.2) is 164 Å². The van der Waals surface area contributed by atoms with Crippen molar-refractivity contribution < 1.29 is 0 Å². The van der Waals surface area contributed by atoms with Crippen molar-refractivity contribution in [1.29, 1.82) is 5.26 Å². The fraction of sp³-hybridized carbons (Fsp3) is 0.200. The minimum absolute atomic E-state index is 0.211. The molecule has 12 rings (SSSR count). The Morgan fingerprint density at radius 2 is 0.932 bits per heavy atom. The van der Waals surface area contributed by atoms with Crippen LogP contribution >= 0.6 is 0 Å². The smallest absolute Gasteiger partial charge is 0.164 e. The standard InChI is InChI=1S/C55H44N4/c1-36-28-37(34-56)16-25-46(36)40-17-21-44(22-18-40)54-30-38-29-39(31-54)33-55(32-38,35-54)45-23-19-41(20-24-45)47-26-27-50(49-15-9-8-14-48(47)49)53-58-51(42-10-4-2-5-11-42)57-52(59-53)43-12-6-3-7-13-43/h2-28,38-39H,29-33,35H2,1H3. The molecular formula is C55H44N4. The number of rotatable bonds is 7. The maximum Gasteiger partial charge on any atom is 0.164 e. The molecule has 4 bridgehead atoms. The first-order chi connectivity index (χ1) is 29.0. The first-order valence-electron chi connectivity index (χ1n) is 21.1. The predicted molar refractivity (Wildman–Crippen MR) is 238 cm³/mol. The molecule has 4 aliphatic carbocycles. The molecule has 1 heterocycles. The fourth-order valence-electron chi connectivity index (χ4n) is 11.7. The van der Waals surface area contributed by atoms with Crippen LogP contribution < -0.4 is 0 Å². The quantitative estimate of drug-likeness (QED) is 0.162. The molecule has 0 saturated heterocycles. The normalized spacial score (nSPS) is 21.7. The van der Waals surface area contributed by atoms with Gasteiger partial charge in [-0.3, -0.25) is 0 Å². The molecule has 0 aliphatic heterocycles. The van der Waals surface area contributed by atoms with Gasteiger partial charge in [-0.05, 0) is 136 Å². The molecule has 284 valence electrons. The maximum absolute atomic E-state index is 9.38. The van der Waals surface area contributed by atoms with Gasteiger partial charge in [0.25, 0.3) is 0 Å². The van der Waals surface area contributed by atoms with Gasteiger partial charge in [0.2, 0.25) is 0 Å². The van der Waals surface area contributed by atoms with Crippen LogP contribution in [0.4, 0.5) is 0 Å². The average Bonchev–Trinajstić information content (AvgIpc) is 3.29. The topological polar surface area (TPSA) is 62.5 Å². The van der Waals surface area contributed by atoms with Crippen LogP contribution in [-0.2, 0) is 10.8 Å². The van der Waals surface area contributed by atoms with Crippen molar-refractivity contribution in [3.8, 4) is 62.5 Å². The summed E-state index contributed by atoms with van der Waals surface area (Å²) >= 11 is 0. The zero-order valence-corrected chi connectivity index (χ0v) is 33.3. The summed E-state index contributed by atoms with van der Waals surface area (Å²) in [7, 11) is 0. The lowest BCUT2D eigenvalue weighted by atomic mass is 9.41. The highest BCUT2D eigenvalue weighted by Crippen LogP contribution is 2.66. The summed E-state index contributed by atoms with van der Waals surface area (Å²) in [5, 5.41) is 11.7. The van der Waals surface area contributed by atoms with E-state index in [1.807, 2.05) is 48.5 Å². The van der Waals surface area contributed by atoms with Gasteiger partial charge in [-0.25, -0.2) is 15.0 Å². The first kappa shape index (κ1) is 35.5. The average molecular weight is 761 g/mol. The third-order valence-corrected chi connectivity index (χ3v) is 13.9.